The van der Waals surface area contributed by atoms with E-state index in [2.05, 4.69) is 28.9 Å². The normalized spacial score (nSPS) is 24.4. The number of rotatable bonds is 5. The Bertz CT molecular complexity index is 325. The summed E-state index contributed by atoms with van der Waals surface area (Å²) in [5, 5.41) is 0. The number of hydrogen-bond donors (Lipinski definition) is 1. The monoisotopic (exact) mass is 233 g/mol. The van der Waals surface area contributed by atoms with E-state index in [0.717, 1.165) is 19.6 Å². The summed E-state index contributed by atoms with van der Waals surface area (Å²) >= 11 is 0. The predicted molar refractivity (Wildman–Crippen MR) is 70.5 cm³/mol. The summed E-state index contributed by atoms with van der Waals surface area (Å²) in [7, 11) is 0. The highest BCUT2D eigenvalue weighted by atomic mass is 15.2. The molecule has 2 rings (SSSR count). The van der Waals surface area contributed by atoms with Crippen molar-refractivity contribution in [1.29, 1.82) is 0 Å². The van der Waals surface area contributed by atoms with Gasteiger partial charge < -0.3 is 5.73 Å². The van der Waals surface area contributed by atoms with Crippen molar-refractivity contribution in [2.75, 3.05) is 13.1 Å². The maximum absolute atomic E-state index is 5.87. The molecule has 17 heavy (non-hydrogen) atoms. The molecule has 1 aromatic rings. The van der Waals surface area contributed by atoms with Crippen LogP contribution in [0.3, 0.4) is 0 Å². The Hall–Kier alpha value is -0.930. The molecular formula is C14H23N3. The van der Waals surface area contributed by atoms with Crippen molar-refractivity contribution < 1.29 is 0 Å². The highest BCUT2D eigenvalue weighted by molar-refractivity contribution is 5.09. The zero-order chi connectivity index (χ0) is 12.1. The summed E-state index contributed by atoms with van der Waals surface area (Å²) in [5.74, 6) is 0.691. The molecule has 0 aromatic carbocycles. The van der Waals surface area contributed by atoms with Gasteiger partial charge in [0.25, 0.3) is 0 Å². The molecule has 2 unspecified atom stereocenters. The van der Waals surface area contributed by atoms with Crippen molar-refractivity contribution in [1.82, 2.24) is 9.88 Å². The molecule has 2 atom stereocenters. The fraction of sp³-hybridized carbons (Fsp3) is 0.643. The fourth-order valence-corrected chi connectivity index (χ4v) is 2.96. The van der Waals surface area contributed by atoms with E-state index in [1.807, 2.05) is 12.4 Å². The topological polar surface area (TPSA) is 42.2 Å². The lowest BCUT2D eigenvalue weighted by Gasteiger charge is -2.31. The first kappa shape index (κ1) is 12.5. The lowest BCUT2D eigenvalue weighted by Crippen LogP contribution is -2.39. The second-order valence-corrected chi connectivity index (χ2v) is 4.91. The predicted octanol–water partition coefficient (Wildman–Crippen LogP) is 2.03. The average molecular weight is 233 g/mol. The van der Waals surface area contributed by atoms with Crippen LogP contribution >= 0.6 is 0 Å². The number of hydrogen-bond acceptors (Lipinski definition) is 3. The van der Waals surface area contributed by atoms with Gasteiger partial charge in [-0.3, -0.25) is 9.88 Å². The van der Waals surface area contributed by atoms with E-state index >= 15 is 0 Å². The van der Waals surface area contributed by atoms with Crippen LogP contribution in [0, 0.1) is 5.92 Å². The van der Waals surface area contributed by atoms with Crippen LogP contribution in [0.2, 0.25) is 0 Å². The standard InChI is InChI=1S/C14H23N3/c1-2-17(11-12-6-8-16-9-7-12)14-5-3-4-13(14)10-15/h6-9,13-14H,2-5,10-11,15H2,1H3. The van der Waals surface area contributed by atoms with Gasteiger partial charge in [-0.2, -0.15) is 0 Å². The Morgan fingerprint density at radius 1 is 1.35 bits per heavy atom. The molecule has 1 heterocycles. The third-order valence-electron chi connectivity index (χ3n) is 3.93. The molecule has 0 bridgehead atoms. The average Bonchev–Trinajstić information content (AvgIpc) is 2.85. The first-order chi connectivity index (χ1) is 8.35. The molecule has 1 aliphatic rings. The van der Waals surface area contributed by atoms with Crippen LogP contribution in [-0.2, 0) is 6.54 Å². The molecule has 1 fully saturated rings. The van der Waals surface area contributed by atoms with E-state index < -0.39 is 0 Å². The molecule has 0 radical (unpaired) electrons. The molecule has 3 heteroatoms. The maximum atomic E-state index is 5.87. The minimum Gasteiger partial charge on any atom is -0.330 e. The van der Waals surface area contributed by atoms with Crippen molar-refractivity contribution in [2.24, 2.45) is 11.7 Å². The van der Waals surface area contributed by atoms with Crippen molar-refractivity contribution in [3.8, 4) is 0 Å². The Balaban J connectivity index is 2.01. The summed E-state index contributed by atoms with van der Waals surface area (Å²) in [6, 6.07) is 4.89. The third kappa shape index (κ3) is 3.05. The number of nitrogens with zero attached hydrogens (tertiary/aromatic N) is 2. The van der Waals surface area contributed by atoms with E-state index in [9.17, 15) is 0 Å². The zero-order valence-electron chi connectivity index (χ0n) is 10.7. The fourth-order valence-electron chi connectivity index (χ4n) is 2.96. The minimum absolute atomic E-state index is 0.679. The highest BCUT2D eigenvalue weighted by Crippen LogP contribution is 2.29. The van der Waals surface area contributed by atoms with Gasteiger partial charge in [0, 0.05) is 25.0 Å². The van der Waals surface area contributed by atoms with Gasteiger partial charge in [0.1, 0.15) is 0 Å². The Morgan fingerprint density at radius 3 is 2.76 bits per heavy atom. The smallest absolute Gasteiger partial charge is 0.0271 e. The van der Waals surface area contributed by atoms with Crippen LogP contribution in [0.5, 0.6) is 0 Å². The lowest BCUT2D eigenvalue weighted by molar-refractivity contribution is 0.162. The molecule has 0 amide bonds. The van der Waals surface area contributed by atoms with E-state index in [1.54, 1.807) is 0 Å². The molecule has 2 N–H and O–H groups in total. The molecular weight excluding hydrogens is 210 g/mol. The summed E-state index contributed by atoms with van der Waals surface area (Å²) < 4.78 is 0. The minimum atomic E-state index is 0.679. The van der Waals surface area contributed by atoms with E-state index in [1.165, 1.54) is 24.8 Å². The van der Waals surface area contributed by atoms with E-state index in [0.29, 0.717) is 12.0 Å². The maximum Gasteiger partial charge on any atom is 0.0271 e. The van der Waals surface area contributed by atoms with Crippen LogP contribution in [0.4, 0.5) is 0 Å². The van der Waals surface area contributed by atoms with Gasteiger partial charge >= 0.3 is 0 Å². The zero-order valence-corrected chi connectivity index (χ0v) is 10.7. The highest BCUT2D eigenvalue weighted by Gasteiger charge is 2.30. The van der Waals surface area contributed by atoms with Crippen molar-refractivity contribution in [3.63, 3.8) is 0 Å². The number of aromatic nitrogens is 1. The summed E-state index contributed by atoms with van der Waals surface area (Å²) in [4.78, 5) is 6.64. The van der Waals surface area contributed by atoms with E-state index in [4.69, 9.17) is 5.73 Å². The number of pyridine rings is 1. The van der Waals surface area contributed by atoms with Gasteiger partial charge in [-0.1, -0.05) is 13.3 Å². The van der Waals surface area contributed by atoms with Gasteiger partial charge in [-0.25, -0.2) is 0 Å². The van der Waals surface area contributed by atoms with Crippen LogP contribution in [0.15, 0.2) is 24.5 Å². The van der Waals surface area contributed by atoms with Crippen LogP contribution in [0.25, 0.3) is 0 Å². The molecule has 1 aromatic heterocycles. The van der Waals surface area contributed by atoms with Crippen molar-refractivity contribution in [2.45, 2.75) is 38.8 Å². The van der Waals surface area contributed by atoms with Gasteiger partial charge in [-0.05, 0) is 49.5 Å². The lowest BCUT2D eigenvalue weighted by atomic mass is 10.0. The van der Waals surface area contributed by atoms with Gasteiger partial charge in [0.15, 0.2) is 0 Å². The molecule has 1 aliphatic carbocycles. The second-order valence-electron chi connectivity index (χ2n) is 4.91. The summed E-state index contributed by atoms with van der Waals surface area (Å²) in [6.45, 7) is 5.20. The summed E-state index contributed by atoms with van der Waals surface area (Å²) in [6.07, 6.45) is 7.69. The van der Waals surface area contributed by atoms with Gasteiger partial charge in [-0.15, -0.1) is 0 Å². The molecule has 1 saturated carbocycles. The Labute approximate surface area is 104 Å². The quantitative estimate of drug-likeness (QED) is 0.846. The van der Waals surface area contributed by atoms with E-state index in [-0.39, 0.29) is 0 Å². The SMILES string of the molecule is CCN(Cc1ccncc1)C1CCCC1CN. The van der Waals surface area contributed by atoms with Crippen LogP contribution in [-0.4, -0.2) is 29.0 Å². The molecule has 94 valence electrons. The Kier molecular flexibility index (Phi) is 4.51. The van der Waals surface area contributed by atoms with Gasteiger partial charge in [0.05, 0.1) is 0 Å². The van der Waals surface area contributed by atoms with Crippen LogP contribution < -0.4 is 5.73 Å². The van der Waals surface area contributed by atoms with Gasteiger partial charge in [0.2, 0.25) is 0 Å². The molecule has 0 aliphatic heterocycles. The Morgan fingerprint density at radius 2 is 2.12 bits per heavy atom. The molecule has 0 spiro atoms. The first-order valence-corrected chi connectivity index (χ1v) is 6.68. The third-order valence-corrected chi connectivity index (χ3v) is 3.93. The summed E-state index contributed by atoms with van der Waals surface area (Å²) in [5.41, 5.74) is 7.22. The van der Waals surface area contributed by atoms with Crippen LogP contribution in [0.1, 0.15) is 31.7 Å². The first-order valence-electron chi connectivity index (χ1n) is 6.68. The molecule has 0 saturated heterocycles. The second kappa shape index (κ2) is 6.12. The number of nitrogens with two attached hydrogens (primary N) is 1. The largest absolute Gasteiger partial charge is 0.330 e. The van der Waals surface area contributed by atoms with Crippen molar-refractivity contribution >= 4 is 0 Å². The van der Waals surface area contributed by atoms with Crippen molar-refractivity contribution in [3.05, 3.63) is 30.1 Å². The molecule has 3 nitrogen and oxygen atoms in total.